The second kappa shape index (κ2) is 10.1. The number of para-hydroxylation sites is 1. The van der Waals surface area contributed by atoms with Crippen molar-refractivity contribution in [1.29, 1.82) is 0 Å². The molecule has 5 rings (SSSR count). The van der Waals surface area contributed by atoms with Crippen molar-refractivity contribution >= 4 is 43.9 Å². The van der Waals surface area contributed by atoms with Crippen molar-refractivity contribution in [1.82, 2.24) is 18.8 Å². The number of nitrogens with two attached hydrogens (primary N) is 1. The first kappa shape index (κ1) is 25.8. The number of aromatic nitrogens is 3. The van der Waals surface area contributed by atoms with Crippen LogP contribution in [0.15, 0.2) is 54.9 Å². The Morgan fingerprint density at radius 1 is 1.13 bits per heavy atom. The first-order valence-electron chi connectivity index (χ1n) is 12.5. The van der Waals surface area contributed by atoms with Gasteiger partial charge in [0.25, 0.3) is 0 Å². The van der Waals surface area contributed by atoms with Gasteiger partial charge in [-0.15, -0.1) is 0 Å². The van der Waals surface area contributed by atoms with Crippen LogP contribution < -0.4 is 20.7 Å². The maximum Gasteiger partial charge on any atom is 0.241 e. The molecule has 0 bridgehead atoms. The lowest BCUT2D eigenvalue weighted by atomic mass is 10.1. The fourth-order valence-electron chi connectivity index (χ4n) is 4.43. The van der Waals surface area contributed by atoms with E-state index in [1.165, 1.54) is 3.97 Å². The molecule has 2 heterocycles. The number of likely N-dealkylation sites (N-methyl/N-ethyl adjacent to an activating group) is 2. The van der Waals surface area contributed by atoms with Crippen LogP contribution in [0.4, 0.5) is 23.0 Å². The largest absolute Gasteiger partial charge is 0.494 e. The maximum atomic E-state index is 13.1. The molecular weight excluding hydrogens is 502 g/mol. The third-order valence-electron chi connectivity index (χ3n) is 6.72. The van der Waals surface area contributed by atoms with Crippen LogP contribution in [0.5, 0.6) is 5.75 Å². The number of methoxy groups -OCH3 is 1. The Morgan fingerprint density at radius 2 is 1.89 bits per heavy atom. The molecule has 2 aromatic carbocycles. The summed E-state index contributed by atoms with van der Waals surface area (Å²) >= 11 is 0. The molecule has 11 heteroatoms. The van der Waals surface area contributed by atoms with E-state index < -0.39 is 10.0 Å². The number of benzene rings is 2. The number of hydrogen-bond donors (Lipinski definition) is 2. The summed E-state index contributed by atoms with van der Waals surface area (Å²) in [7, 11) is 4.21. The molecule has 1 aliphatic rings. The van der Waals surface area contributed by atoms with E-state index in [0.717, 1.165) is 29.7 Å². The molecule has 0 unspecified atom stereocenters. The van der Waals surface area contributed by atoms with Gasteiger partial charge in [0.1, 0.15) is 5.75 Å². The lowest BCUT2D eigenvalue weighted by Crippen LogP contribution is -2.29. The third-order valence-corrected chi connectivity index (χ3v) is 8.88. The molecule has 0 aliphatic heterocycles. The molecule has 0 radical (unpaired) electrons. The van der Waals surface area contributed by atoms with Crippen LogP contribution in [0.2, 0.25) is 0 Å². The van der Waals surface area contributed by atoms with E-state index in [-0.39, 0.29) is 5.25 Å². The highest BCUT2D eigenvalue weighted by Gasteiger charge is 2.38. The van der Waals surface area contributed by atoms with Crippen molar-refractivity contribution in [2.24, 2.45) is 0 Å². The minimum Gasteiger partial charge on any atom is -0.494 e. The zero-order chi connectivity index (χ0) is 27.0. The number of nitrogen functional groups attached to an aromatic ring is 1. The molecule has 0 saturated heterocycles. The van der Waals surface area contributed by atoms with Gasteiger partial charge in [0.15, 0.2) is 0 Å². The summed E-state index contributed by atoms with van der Waals surface area (Å²) in [5.41, 5.74) is 10.5. The van der Waals surface area contributed by atoms with Crippen molar-refractivity contribution in [2.75, 3.05) is 57.3 Å². The SMILES string of the molecule is COc1cc(N(C)CCN(C)C)c(N)cc1Nc1nccc(-c2cn(S(=O)(=O)C3CC3)c3ccccc23)n1. The van der Waals surface area contributed by atoms with E-state index in [1.54, 1.807) is 25.6 Å². The van der Waals surface area contributed by atoms with E-state index in [1.807, 2.05) is 57.5 Å². The highest BCUT2D eigenvalue weighted by Crippen LogP contribution is 2.38. The van der Waals surface area contributed by atoms with Crippen LogP contribution in [0.25, 0.3) is 22.2 Å². The summed E-state index contributed by atoms with van der Waals surface area (Å²) in [4.78, 5) is 13.3. The van der Waals surface area contributed by atoms with Crippen LogP contribution in [-0.4, -0.2) is 73.9 Å². The fourth-order valence-corrected chi connectivity index (χ4v) is 6.17. The summed E-state index contributed by atoms with van der Waals surface area (Å²) in [6, 6.07) is 13.0. The lowest BCUT2D eigenvalue weighted by Gasteiger charge is -2.24. The smallest absolute Gasteiger partial charge is 0.241 e. The summed E-state index contributed by atoms with van der Waals surface area (Å²) in [5, 5.41) is 3.72. The molecule has 0 amide bonds. The molecule has 0 spiro atoms. The second-order valence-corrected chi connectivity index (χ2v) is 11.9. The van der Waals surface area contributed by atoms with Gasteiger partial charge in [-0.05, 0) is 45.1 Å². The number of fused-ring (bicyclic) bond motifs is 1. The van der Waals surface area contributed by atoms with Gasteiger partial charge in [-0.3, -0.25) is 0 Å². The van der Waals surface area contributed by atoms with Crippen LogP contribution >= 0.6 is 0 Å². The number of rotatable bonds is 10. The number of ether oxygens (including phenoxy) is 1. The monoisotopic (exact) mass is 535 g/mol. The topological polar surface area (TPSA) is 119 Å². The Morgan fingerprint density at radius 3 is 2.61 bits per heavy atom. The minimum atomic E-state index is -3.45. The predicted molar refractivity (Wildman–Crippen MR) is 153 cm³/mol. The van der Waals surface area contributed by atoms with E-state index in [0.29, 0.717) is 47.1 Å². The standard InChI is InChI=1S/C27H33N7O3S/c1-32(2)13-14-33(3)25-16-26(37-4)23(15-21(25)28)31-27-29-12-11-22(30-27)20-17-34(38(35,36)18-9-10-18)24-8-6-5-7-19(20)24/h5-8,11-12,15-18H,9-10,13-14,28H2,1-4H3,(H,29,30,31). The molecule has 1 aliphatic carbocycles. The van der Waals surface area contributed by atoms with Crippen LogP contribution in [-0.2, 0) is 10.0 Å². The first-order valence-corrected chi connectivity index (χ1v) is 14.0. The zero-order valence-electron chi connectivity index (χ0n) is 22.0. The summed E-state index contributed by atoms with van der Waals surface area (Å²) in [6.45, 7) is 1.69. The van der Waals surface area contributed by atoms with Gasteiger partial charge in [0.2, 0.25) is 16.0 Å². The summed E-state index contributed by atoms with van der Waals surface area (Å²) in [6.07, 6.45) is 4.70. The maximum absolute atomic E-state index is 13.1. The van der Waals surface area contributed by atoms with Crippen molar-refractivity contribution in [2.45, 2.75) is 18.1 Å². The number of nitrogens with one attached hydrogen (secondary N) is 1. The van der Waals surface area contributed by atoms with Crippen LogP contribution in [0, 0.1) is 0 Å². The fraction of sp³-hybridized carbons (Fsp3) is 0.333. The zero-order valence-corrected chi connectivity index (χ0v) is 22.9. The highest BCUT2D eigenvalue weighted by atomic mass is 32.2. The van der Waals surface area contributed by atoms with Gasteiger partial charge < -0.3 is 25.6 Å². The Bertz CT molecular complexity index is 1580. The van der Waals surface area contributed by atoms with Gasteiger partial charge >= 0.3 is 0 Å². The van der Waals surface area contributed by atoms with Crippen molar-refractivity contribution in [3.05, 3.63) is 54.9 Å². The van der Waals surface area contributed by atoms with Gasteiger partial charge in [0.05, 0.1) is 40.6 Å². The third kappa shape index (κ3) is 4.99. The average Bonchev–Trinajstić information content (AvgIpc) is 3.69. The van der Waals surface area contributed by atoms with E-state index >= 15 is 0 Å². The Labute approximate surface area is 223 Å². The average molecular weight is 536 g/mol. The molecule has 2 aromatic heterocycles. The van der Waals surface area contributed by atoms with E-state index in [9.17, 15) is 8.42 Å². The molecule has 1 saturated carbocycles. The minimum absolute atomic E-state index is 0.323. The Balaban J connectivity index is 1.48. The summed E-state index contributed by atoms with van der Waals surface area (Å²) < 4.78 is 33.3. The molecule has 0 atom stereocenters. The van der Waals surface area contributed by atoms with Gasteiger partial charge in [-0.1, -0.05) is 18.2 Å². The Hall–Kier alpha value is -3.83. The molecule has 4 aromatic rings. The number of anilines is 4. The van der Waals surface area contributed by atoms with Crippen LogP contribution in [0.3, 0.4) is 0 Å². The van der Waals surface area contributed by atoms with Crippen LogP contribution in [0.1, 0.15) is 12.8 Å². The van der Waals surface area contributed by atoms with Crippen molar-refractivity contribution in [3.8, 4) is 17.0 Å². The van der Waals surface area contributed by atoms with E-state index in [4.69, 9.17) is 15.5 Å². The quantitative estimate of drug-likeness (QED) is 0.293. The number of nitrogens with zero attached hydrogens (tertiary/aromatic N) is 5. The van der Waals surface area contributed by atoms with Gasteiger partial charge in [-0.2, -0.15) is 0 Å². The molecular formula is C27H33N7O3S. The molecule has 3 N–H and O–H groups in total. The van der Waals surface area contributed by atoms with Gasteiger partial charge in [-0.25, -0.2) is 22.4 Å². The van der Waals surface area contributed by atoms with E-state index in [2.05, 4.69) is 20.1 Å². The first-order chi connectivity index (χ1) is 18.2. The molecule has 1 fully saturated rings. The normalized spacial score (nSPS) is 13.7. The van der Waals surface area contributed by atoms with Crippen molar-refractivity contribution in [3.63, 3.8) is 0 Å². The highest BCUT2D eigenvalue weighted by molar-refractivity contribution is 7.91. The molecule has 200 valence electrons. The number of hydrogen-bond acceptors (Lipinski definition) is 9. The second-order valence-electron chi connectivity index (χ2n) is 9.83. The predicted octanol–water partition coefficient (Wildman–Crippen LogP) is 3.77. The summed E-state index contributed by atoms with van der Waals surface area (Å²) in [5.74, 6) is 0.947. The lowest BCUT2D eigenvalue weighted by molar-refractivity contribution is 0.413. The van der Waals surface area contributed by atoms with Crippen molar-refractivity contribution < 1.29 is 13.2 Å². The van der Waals surface area contributed by atoms with Gasteiger partial charge in [0, 0.05) is 49.5 Å². The Kier molecular flexibility index (Phi) is 6.89. The molecule has 10 nitrogen and oxygen atoms in total. The molecule has 38 heavy (non-hydrogen) atoms.